The molecule has 0 saturated carbocycles. The molecule has 0 aliphatic heterocycles. The molecule has 0 bridgehead atoms. The van der Waals surface area contributed by atoms with Gasteiger partial charge in [-0.25, -0.2) is 0 Å². The van der Waals surface area contributed by atoms with E-state index in [-0.39, 0.29) is 6.61 Å². The Morgan fingerprint density at radius 3 is 2.69 bits per heavy atom. The summed E-state index contributed by atoms with van der Waals surface area (Å²) in [6.07, 6.45) is 0. The van der Waals surface area contributed by atoms with E-state index >= 15 is 0 Å². The van der Waals surface area contributed by atoms with Crippen molar-refractivity contribution in [3.8, 4) is 0 Å². The van der Waals surface area contributed by atoms with Gasteiger partial charge in [0, 0.05) is 18.8 Å². The van der Waals surface area contributed by atoms with Gasteiger partial charge in [0.2, 0.25) is 0 Å². The van der Waals surface area contributed by atoms with Crippen LogP contribution in [0, 0.1) is 0 Å². The number of benzene rings is 1. The second-order valence-corrected chi connectivity index (χ2v) is 3.16. The quantitative estimate of drug-likeness (QED) is 0.670. The maximum atomic E-state index is 8.71. The molecule has 3 heteroatoms. The normalized spacial score (nSPS) is 10.7. The summed E-state index contributed by atoms with van der Waals surface area (Å²) in [4.78, 5) is 2.03. The van der Waals surface area contributed by atoms with Crippen molar-refractivity contribution in [3.05, 3.63) is 29.8 Å². The minimum Gasteiger partial charge on any atom is -0.398 e. The number of aliphatic hydroxyl groups is 1. The van der Waals surface area contributed by atoms with Crippen molar-refractivity contribution in [3.63, 3.8) is 0 Å². The Morgan fingerprint density at radius 1 is 1.38 bits per heavy atom. The van der Waals surface area contributed by atoms with Crippen molar-refractivity contribution in [2.45, 2.75) is 6.54 Å². The standard InChI is InChI=1S/C10H16N2O/c1-12(6-7-13)8-9-4-2-3-5-10(9)11/h2-5,13H,6-8,11H2,1H3. The lowest BCUT2D eigenvalue weighted by molar-refractivity contribution is 0.217. The molecule has 1 rings (SSSR count). The third-order valence-electron chi connectivity index (χ3n) is 1.98. The summed E-state index contributed by atoms with van der Waals surface area (Å²) in [7, 11) is 1.96. The van der Waals surface area contributed by atoms with E-state index in [0.717, 1.165) is 17.8 Å². The molecule has 0 aliphatic rings. The molecule has 1 aromatic carbocycles. The van der Waals surface area contributed by atoms with Gasteiger partial charge in [0.1, 0.15) is 0 Å². The van der Waals surface area contributed by atoms with Crippen molar-refractivity contribution < 1.29 is 5.11 Å². The van der Waals surface area contributed by atoms with Gasteiger partial charge in [-0.3, -0.25) is 4.90 Å². The first-order valence-corrected chi connectivity index (χ1v) is 4.37. The lowest BCUT2D eigenvalue weighted by Crippen LogP contribution is -2.21. The number of nitrogens with two attached hydrogens (primary N) is 1. The maximum absolute atomic E-state index is 8.71. The van der Waals surface area contributed by atoms with Crippen LogP contribution in [-0.2, 0) is 6.54 Å². The largest absolute Gasteiger partial charge is 0.398 e. The fraction of sp³-hybridized carbons (Fsp3) is 0.400. The first kappa shape index (κ1) is 10.0. The Labute approximate surface area is 78.8 Å². The number of hydrogen-bond donors (Lipinski definition) is 2. The molecule has 13 heavy (non-hydrogen) atoms. The number of nitrogens with zero attached hydrogens (tertiary/aromatic N) is 1. The minimum absolute atomic E-state index is 0.184. The summed E-state index contributed by atoms with van der Waals surface area (Å²) in [6, 6.07) is 7.79. The van der Waals surface area contributed by atoms with Crippen LogP contribution >= 0.6 is 0 Å². The van der Waals surface area contributed by atoms with Crippen molar-refractivity contribution in [1.29, 1.82) is 0 Å². The van der Waals surface area contributed by atoms with Crippen LogP contribution in [0.5, 0.6) is 0 Å². The van der Waals surface area contributed by atoms with Crippen molar-refractivity contribution in [2.75, 3.05) is 25.9 Å². The van der Waals surface area contributed by atoms with E-state index in [4.69, 9.17) is 10.8 Å². The van der Waals surface area contributed by atoms with Gasteiger partial charge in [0.05, 0.1) is 6.61 Å². The first-order chi connectivity index (χ1) is 6.24. The molecule has 72 valence electrons. The van der Waals surface area contributed by atoms with E-state index < -0.39 is 0 Å². The highest BCUT2D eigenvalue weighted by Gasteiger charge is 2.01. The summed E-state index contributed by atoms with van der Waals surface area (Å²) in [5.74, 6) is 0. The zero-order valence-corrected chi connectivity index (χ0v) is 7.90. The molecule has 0 saturated heterocycles. The van der Waals surface area contributed by atoms with Crippen molar-refractivity contribution in [1.82, 2.24) is 4.90 Å². The second kappa shape index (κ2) is 4.84. The fourth-order valence-corrected chi connectivity index (χ4v) is 1.22. The fourth-order valence-electron chi connectivity index (χ4n) is 1.22. The van der Waals surface area contributed by atoms with Crippen molar-refractivity contribution in [2.24, 2.45) is 0 Å². The summed E-state index contributed by atoms with van der Waals surface area (Å²) in [5, 5.41) is 8.71. The van der Waals surface area contributed by atoms with E-state index in [1.807, 2.05) is 36.2 Å². The van der Waals surface area contributed by atoms with Crippen LogP contribution in [0.1, 0.15) is 5.56 Å². The Hall–Kier alpha value is -1.06. The topological polar surface area (TPSA) is 49.5 Å². The Morgan fingerprint density at radius 2 is 2.08 bits per heavy atom. The molecule has 0 aromatic heterocycles. The van der Waals surface area contributed by atoms with Crippen LogP contribution in [0.15, 0.2) is 24.3 Å². The number of para-hydroxylation sites is 1. The summed E-state index contributed by atoms with van der Waals surface area (Å²) in [5.41, 5.74) is 7.70. The molecular weight excluding hydrogens is 164 g/mol. The van der Waals surface area contributed by atoms with E-state index in [1.165, 1.54) is 0 Å². The SMILES string of the molecule is CN(CCO)Cc1ccccc1N. The molecule has 0 radical (unpaired) electrons. The highest BCUT2D eigenvalue weighted by molar-refractivity contribution is 5.46. The molecule has 0 unspecified atom stereocenters. The number of likely N-dealkylation sites (N-methyl/N-ethyl adjacent to an activating group) is 1. The Bertz CT molecular complexity index is 263. The van der Waals surface area contributed by atoms with Gasteiger partial charge < -0.3 is 10.8 Å². The monoisotopic (exact) mass is 180 g/mol. The number of hydrogen-bond acceptors (Lipinski definition) is 3. The number of nitrogen functional groups attached to an aromatic ring is 1. The predicted molar refractivity (Wildman–Crippen MR) is 54.3 cm³/mol. The van der Waals surface area contributed by atoms with Crippen LogP contribution < -0.4 is 5.73 Å². The molecule has 0 spiro atoms. The molecule has 0 amide bonds. The molecule has 0 aliphatic carbocycles. The van der Waals surface area contributed by atoms with Crippen LogP contribution in [0.2, 0.25) is 0 Å². The average molecular weight is 180 g/mol. The number of rotatable bonds is 4. The van der Waals surface area contributed by atoms with E-state index in [2.05, 4.69) is 0 Å². The lowest BCUT2D eigenvalue weighted by atomic mass is 10.2. The van der Waals surface area contributed by atoms with Crippen LogP contribution in [0.3, 0.4) is 0 Å². The van der Waals surface area contributed by atoms with Gasteiger partial charge in [-0.15, -0.1) is 0 Å². The second-order valence-electron chi connectivity index (χ2n) is 3.16. The number of aliphatic hydroxyl groups excluding tert-OH is 1. The van der Waals surface area contributed by atoms with Gasteiger partial charge >= 0.3 is 0 Å². The Kier molecular flexibility index (Phi) is 3.73. The summed E-state index contributed by atoms with van der Waals surface area (Å²) in [6.45, 7) is 1.64. The predicted octanol–water partition coefficient (Wildman–Crippen LogP) is 0.693. The van der Waals surface area contributed by atoms with E-state index in [0.29, 0.717) is 6.54 Å². The molecule has 3 nitrogen and oxygen atoms in total. The lowest BCUT2D eigenvalue weighted by Gasteiger charge is -2.15. The minimum atomic E-state index is 0.184. The zero-order valence-electron chi connectivity index (χ0n) is 7.90. The van der Waals surface area contributed by atoms with Gasteiger partial charge in [0.15, 0.2) is 0 Å². The van der Waals surface area contributed by atoms with Crippen LogP contribution in [0.4, 0.5) is 5.69 Å². The Balaban J connectivity index is 2.58. The third-order valence-corrected chi connectivity index (χ3v) is 1.98. The molecule has 1 aromatic rings. The van der Waals surface area contributed by atoms with Crippen molar-refractivity contribution >= 4 is 5.69 Å². The summed E-state index contributed by atoms with van der Waals surface area (Å²) < 4.78 is 0. The third kappa shape index (κ3) is 3.05. The molecule has 3 N–H and O–H groups in total. The van der Waals surface area contributed by atoms with Crippen LogP contribution in [0.25, 0.3) is 0 Å². The van der Waals surface area contributed by atoms with E-state index in [9.17, 15) is 0 Å². The summed E-state index contributed by atoms with van der Waals surface area (Å²) >= 11 is 0. The van der Waals surface area contributed by atoms with Crippen LogP contribution in [-0.4, -0.2) is 30.2 Å². The highest BCUT2D eigenvalue weighted by atomic mass is 16.3. The zero-order chi connectivity index (χ0) is 9.68. The number of anilines is 1. The maximum Gasteiger partial charge on any atom is 0.0558 e. The first-order valence-electron chi connectivity index (χ1n) is 4.37. The van der Waals surface area contributed by atoms with Gasteiger partial charge in [-0.1, -0.05) is 18.2 Å². The van der Waals surface area contributed by atoms with E-state index in [1.54, 1.807) is 0 Å². The average Bonchev–Trinajstić information content (AvgIpc) is 2.09. The van der Waals surface area contributed by atoms with Gasteiger partial charge in [0.25, 0.3) is 0 Å². The molecular formula is C10H16N2O. The van der Waals surface area contributed by atoms with Gasteiger partial charge in [-0.05, 0) is 18.7 Å². The molecule has 0 heterocycles. The molecule has 0 fully saturated rings. The smallest absolute Gasteiger partial charge is 0.0558 e. The van der Waals surface area contributed by atoms with Gasteiger partial charge in [-0.2, -0.15) is 0 Å². The highest BCUT2D eigenvalue weighted by Crippen LogP contribution is 2.11. The molecule has 0 atom stereocenters.